The lowest BCUT2D eigenvalue weighted by Crippen LogP contribution is -2.46. The summed E-state index contributed by atoms with van der Waals surface area (Å²) in [6, 6.07) is 0. The Morgan fingerprint density at radius 1 is 1.40 bits per heavy atom. The van der Waals surface area contributed by atoms with Crippen LogP contribution in [0.1, 0.15) is 40.5 Å². The lowest BCUT2D eigenvalue weighted by molar-refractivity contribution is 0.127. The minimum atomic E-state index is 0.503. The van der Waals surface area contributed by atoms with Gasteiger partial charge in [-0.05, 0) is 37.3 Å². The van der Waals surface area contributed by atoms with E-state index in [9.17, 15) is 0 Å². The smallest absolute Gasteiger partial charge is 0.00475 e. The van der Waals surface area contributed by atoms with Crippen molar-refractivity contribution in [2.75, 3.05) is 32.7 Å². The quantitative estimate of drug-likeness (QED) is 0.752. The number of piperidine rings is 1. The first-order valence-electron chi connectivity index (χ1n) is 6.49. The molecule has 0 amide bonds. The topological polar surface area (TPSA) is 15.3 Å². The lowest BCUT2D eigenvalue weighted by Gasteiger charge is -2.39. The number of nitrogens with one attached hydrogen (secondary N) is 1. The third-order valence-electron chi connectivity index (χ3n) is 3.36. The van der Waals surface area contributed by atoms with Crippen LogP contribution in [-0.2, 0) is 0 Å². The van der Waals surface area contributed by atoms with Gasteiger partial charge in [-0.25, -0.2) is 0 Å². The first kappa shape index (κ1) is 13.0. The summed E-state index contributed by atoms with van der Waals surface area (Å²) in [6.45, 7) is 15.4. The van der Waals surface area contributed by atoms with E-state index in [1.165, 1.54) is 45.6 Å². The van der Waals surface area contributed by atoms with Gasteiger partial charge in [0.2, 0.25) is 0 Å². The van der Waals surface area contributed by atoms with Crippen LogP contribution in [0.25, 0.3) is 0 Å². The van der Waals surface area contributed by atoms with Gasteiger partial charge in [0, 0.05) is 19.6 Å². The average Bonchev–Trinajstić information content (AvgIpc) is 2.16. The van der Waals surface area contributed by atoms with E-state index < -0.39 is 0 Å². The molecule has 0 aromatic carbocycles. The second-order valence-corrected chi connectivity index (χ2v) is 5.81. The molecule has 0 spiro atoms. The molecular formula is C13H28N2. The summed E-state index contributed by atoms with van der Waals surface area (Å²) in [5.41, 5.74) is 0.503. The van der Waals surface area contributed by atoms with E-state index in [-0.39, 0.29) is 0 Å². The van der Waals surface area contributed by atoms with E-state index in [2.05, 4.69) is 37.9 Å². The predicted molar refractivity (Wildman–Crippen MR) is 67.2 cm³/mol. The molecule has 2 heteroatoms. The summed E-state index contributed by atoms with van der Waals surface area (Å²) >= 11 is 0. The van der Waals surface area contributed by atoms with Crippen molar-refractivity contribution in [2.45, 2.75) is 40.5 Å². The van der Waals surface area contributed by atoms with Gasteiger partial charge in [-0.3, -0.25) is 0 Å². The monoisotopic (exact) mass is 212 g/mol. The standard InChI is InChI=1S/C13H28N2/c1-5-15(9-12(2)3)11-13(4)7-6-8-14-10-13/h12,14H,5-11H2,1-4H3. The van der Waals surface area contributed by atoms with Crippen LogP contribution in [0.2, 0.25) is 0 Å². The molecule has 0 radical (unpaired) electrons. The summed E-state index contributed by atoms with van der Waals surface area (Å²) in [6.07, 6.45) is 2.73. The van der Waals surface area contributed by atoms with Crippen molar-refractivity contribution in [2.24, 2.45) is 11.3 Å². The zero-order valence-electron chi connectivity index (χ0n) is 11.0. The molecule has 1 aliphatic rings. The Balaban J connectivity index is 2.41. The van der Waals surface area contributed by atoms with E-state index >= 15 is 0 Å². The Bertz CT molecular complexity index is 171. The Labute approximate surface area is 95.4 Å². The number of rotatable bonds is 5. The van der Waals surface area contributed by atoms with E-state index in [0.29, 0.717) is 5.41 Å². The zero-order valence-corrected chi connectivity index (χ0v) is 11.0. The van der Waals surface area contributed by atoms with Crippen molar-refractivity contribution >= 4 is 0 Å². The SMILES string of the molecule is CCN(CC(C)C)CC1(C)CCCNC1. The molecule has 1 N–H and O–H groups in total. The molecule has 0 aromatic heterocycles. The van der Waals surface area contributed by atoms with Gasteiger partial charge in [-0.15, -0.1) is 0 Å². The highest BCUT2D eigenvalue weighted by atomic mass is 15.1. The van der Waals surface area contributed by atoms with Crippen molar-refractivity contribution in [3.05, 3.63) is 0 Å². The van der Waals surface area contributed by atoms with Crippen LogP contribution < -0.4 is 5.32 Å². The molecule has 0 bridgehead atoms. The second-order valence-electron chi connectivity index (χ2n) is 5.81. The van der Waals surface area contributed by atoms with Crippen molar-refractivity contribution in [3.8, 4) is 0 Å². The fourth-order valence-corrected chi connectivity index (χ4v) is 2.62. The minimum Gasteiger partial charge on any atom is -0.316 e. The molecule has 15 heavy (non-hydrogen) atoms. The first-order chi connectivity index (χ1) is 7.06. The van der Waals surface area contributed by atoms with Gasteiger partial charge in [-0.1, -0.05) is 27.7 Å². The largest absolute Gasteiger partial charge is 0.316 e. The van der Waals surface area contributed by atoms with Gasteiger partial charge < -0.3 is 10.2 Å². The molecule has 1 fully saturated rings. The average molecular weight is 212 g/mol. The number of nitrogens with zero attached hydrogens (tertiary/aromatic N) is 1. The van der Waals surface area contributed by atoms with Crippen LogP contribution in [-0.4, -0.2) is 37.6 Å². The molecule has 0 saturated carbocycles. The molecule has 1 aliphatic heterocycles. The normalized spacial score (nSPS) is 27.6. The maximum atomic E-state index is 3.53. The molecule has 90 valence electrons. The van der Waals surface area contributed by atoms with Gasteiger partial charge in [0.25, 0.3) is 0 Å². The molecule has 0 aromatic rings. The third-order valence-corrected chi connectivity index (χ3v) is 3.36. The van der Waals surface area contributed by atoms with Crippen LogP contribution in [0.3, 0.4) is 0 Å². The van der Waals surface area contributed by atoms with Crippen molar-refractivity contribution in [3.63, 3.8) is 0 Å². The molecule has 1 unspecified atom stereocenters. The summed E-state index contributed by atoms with van der Waals surface area (Å²) in [5, 5.41) is 3.53. The van der Waals surface area contributed by atoms with Crippen LogP contribution in [0, 0.1) is 11.3 Å². The molecule has 1 saturated heterocycles. The summed E-state index contributed by atoms with van der Waals surface area (Å²) in [4.78, 5) is 2.61. The van der Waals surface area contributed by atoms with E-state index in [1.807, 2.05) is 0 Å². The predicted octanol–water partition coefficient (Wildman–Crippen LogP) is 2.35. The van der Waals surface area contributed by atoms with E-state index in [0.717, 1.165) is 5.92 Å². The van der Waals surface area contributed by atoms with Gasteiger partial charge in [-0.2, -0.15) is 0 Å². The summed E-state index contributed by atoms with van der Waals surface area (Å²) < 4.78 is 0. The highest BCUT2D eigenvalue weighted by molar-refractivity contribution is 4.84. The molecular weight excluding hydrogens is 184 g/mol. The maximum absolute atomic E-state index is 3.53. The van der Waals surface area contributed by atoms with Gasteiger partial charge in [0.1, 0.15) is 0 Å². The molecule has 0 aliphatic carbocycles. The van der Waals surface area contributed by atoms with Gasteiger partial charge in [0.15, 0.2) is 0 Å². The second kappa shape index (κ2) is 5.86. The summed E-state index contributed by atoms with van der Waals surface area (Å²) in [7, 11) is 0. The molecule has 1 heterocycles. The zero-order chi connectivity index (χ0) is 11.3. The van der Waals surface area contributed by atoms with Crippen LogP contribution in [0.4, 0.5) is 0 Å². The van der Waals surface area contributed by atoms with Crippen LogP contribution in [0.5, 0.6) is 0 Å². The van der Waals surface area contributed by atoms with E-state index in [1.54, 1.807) is 0 Å². The van der Waals surface area contributed by atoms with Crippen LogP contribution in [0.15, 0.2) is 0 Å². The molecule has 2 nitrogen and oxygen atoms in total. The highest BCUT2D eigenvalue weighted by Gasteiger charge is 2.28. The Hall–Kier alpha value is -0.0800. The van der Waals surface area contributed by atoms with Crippen molar-refractivity contribution in [1.29, 1.82) is 0 Å². The van der Waals surface area contributed by atoms with Crippen molar-refractivity contribution in [1.82, 2.24) is 10.2 Å². The molecule has 1 rings (SSSR count). The lowest BCUT2D eigenvalue weighted by atomic mass is 9.82. The highest BCUT2D eigenvalue weighted by Crippen LogP contribution is 2.26. The maximum Gasteiger partial charge on any atom is 0.00475 e. The van der Waals surface area contributed by atoms with Gasteiger partial charge >= 0.3 is 0 Å². The number of hydrogen-bond acceptors (Lipinski definition) is 2. The molecule has 1 atom stereocenters. The number of hydrogen-bond donors (Lipinski definition) is 1. The fourth-order valence-electron chi connectivity index (χ4n) is 2.62. The first-order valence-corrected chi connectivity index (χ1v) is 6.49. The van der Waals surface area contributed by atoms with E-state index in [4.69, 9.17) is 0 Å². The van der Waals surface area contributed by atoms with Crippen molar-refractivity contribution < 1.29 is 0 Å². The third kappa shape index (κ3) is 4.52. The Morgan fingerprint density at radius 2 is 2.13 bits per heavy atom. The Morgan fingerprint density at radius 3 is 2.60 bits per heavy atom. The van der Waals surface area contributed by atoms with Gasteiger partial charge in [0.05, 0.1) is 0 Å². The summed E-state index contributed by atoms with van der Waals surface area (Å²) in [5.74, 6) is 0.782. The van der Waals surface area contributed by atoms with Crippen LogP contribution >= 0.6 is 0 Å². The fraction of sp³-hybridized carbons (Fsp3) is 1.00. The minimum absolute atomic E-state index is 0.503. The Kier molecular flexibility index (Phi) is 5.07.